The van der Waals surface area contributed by atoms with Crippen molar-refractivity contribution in [1.29, 1.82) is 0 Å². The SMILES string of the molecule is Cc1ccccc1-c1cc(N(c2ccc(-c3ccc(N(c4ccc5c(c4)c4ccccc4n5-c4ccccc4)c4cccc5ccccc45)cc3)cc2)c2cccc3ccccc23)ccc1C. The molecule has 0 fully saturated rings. The van der Waals surface area contributed by atoms with Crippen molar-refractivity contribution in [3.8, 4) is 27.9 Å². The molecule has 3 heteroatoms. The number of hydrogen-bond acceptors (Lipinski definition) is 2. The number of rotatable bonds is 9. The molecule has 67 heavy (non-hydrogen) atoms. The quantitative estimate of drug-likeness (QED) is 0.143. The minimum atomic E-state index is 1.09. The fourth-order valence-corrected chi connectivity index (χ4v) is 10.1. The van der Waals surface area contributed by atoms with E-state index in [4.69, 9.17) is 0 Å². The number of aromatic nitrogens is 1. The highest BCUT2D eigenvalue weighted by atomic mass is 15.1. The maximum Gasteiger partial charge on any atom is 0.0542 e. The van der Waals surface area contributed by atoms with E-state index >= 15 is 0 Å². The van der Waals surface area contributed by atoms with Crippen molar-refractivity contribution in [2.75, 3.05) is 9.80 Å². The van der Waals surface area contributed by atoms with E-state index in [-0.39, 0.29) is 0 Å². The number of para-hydroxylation sites is 2. The van der Waals surface area contributed by atoms with Crippen molar-refractivity contribution in [2.24, 2.45) is 0 Å². The number of anilines is 6. The third kappa shape index (κ3) is 7.09. The molecule has 11 aromatic carbocycles. The summed E-state index contributed by atoms with van der Waals surface area (Å²) in [6.45, 7) is 4.40. The first-order valence-electron chi connectivity index (χ1n) is 23.1. The summed E-state index contributed by atoms with van der Waals surface area (Å²) in [5.41, 5.74) is 17.6. The number of hydrogen-bond donors (Lipinski definition) is 0. The Hall–Kier alpha value is -8.66. The molecule has 3 nitrogen and oxygen atoms in total. The molecule has 0 saturated carbocycles. The number of benzene rings is 11. The Morgan fingerprint density at radius 2 is 0.761 bits per heavy atom. The van der Waals surface area contributed by atoms with Gasteiger partial charge in [0.2, 0.25) is 0 Å². The second-order valence-corrected chi connectivity index (χ2v) is 17.5. The first-order valence-corrected chi connectivity index (χ1v) is 23.1. The van der Waals surface area contributed by atoms with Crippen LogP contribution in [0.15, 0.2) is 249 Å². The summed E-state index contributed by atoms with van der Waals surface area (Å²) in [5.74, 6) is 0. The summed E-state index contributed by atoms with van der Waals surface area (Å²) in [6.07, 6.45) is 0. The van der Waals surface area contributed by atoms with Gasteiger partial charge in [0.05, 0.1) is 22.4 Å². The van der Waals surface area contributed by atoms with E-state index in [1.807, 2.05) is 0 Å². The second-order valence-electron chi connectivity index (χ2n) is 17.5. The van der Waals surface area contributed by atoms with Gasteiger partial charge in [0.15, 0.2) is 0 Å². The molecule has 0 unspecified atom stereocenters. The van der Waals surface area contributed by atoms with Crippen molar-refractivity contribution >= 4 is 77.5 Å². The zero-order chi connectivity index (χ0) is 44.8. The van der Waals surface area contributed by atoms with Gasteiger partial charge in [0.25, 0.3) is 0 Å². The number of fused-ring (bicyclic) bond motifs is 5. The van der Waals surface area contributed by atoms with Crippen LogP contribution in [0.25, 0.3) is 71.3 Å². The first-order chi connectivity index (χ1) is 33.1. The third-order valence-electron chi connectivity index (χ3n) is 13.4. The molecule has 0 amide bonds. The molecule has 0 aliphatic carbocycles. The van der Waals surface area contributed by atoms with Crippen LogP contribution in [0.3, 0.4) is 0 Å². The van der Waals surface area contributed by atoms with Gasteiger partial charge >= 0.3 is 0 Å². The predicted octanol–water partition coefficient (Wildman–Crippen LogP) is 18.0. The summed E-state index contributed by atoms with van der Waals surface area (Å²) in [5, 5.41) is 7.27. The molecule has 0 bridgehead atoms. The van der Waals surface area contributed by atoms with Crippen LogP contribution in [0.5, 0.6) is 0 Å². The zero-order valence-electron chi connectivity index (χ0n) is 37.5. The zero-order valence-corrected chi connectivity index (χ0v) is 37.5. The highest BCUT2D eigenvalue weighted by molar-refractivity contribution is 6.11. The molecule has 1 aromatic heterocycles. The molecule has 0 aliphatic heterocycles. The molecule has 318 valence electrons. The fraction of sp³-hybridized carbons (Fsp3) is 0.0312. The maximum absolute atomic E-state index is 2.41. The molecule has 0 radical (unpaired) electrons. The fourth-order valence-electron chi connectivity index (χ4n) is 10.1. The molecule has 0 atom stereocenters. The summed E-state index contributed by atoms with van der Waals surface area (Å²) in [6, 6.07) is 90.6. The van der Waals surface area contributed by atoms with Gasteiger partial charge in [0, 0.05) is 50.0 Å². The van der Waals surface area contributed by atoms with Crippen molar-refractivity contribution in [1.82, 2.24) is 4.57 Å². The van der Waals surface area contributed by atoms with Crippen molar-refractivity contribution < 1.29 is 0 Å². The van der Waals surface area contributed by atoms with Gasteiger partial charge < -0.3 is 14.4 Å². The Kier molecular flexibility index (Phi) is 9.95. The maximum atomic E-state index is 2.41. The van der Waals surface area contributed by atoms with E-state index in [1.165, 1.54) is 65.6 Å². The third-order valence-corrected chi connectivity index (χ3v) is 13.4. The molecular formula is C64H47N3. The van der Waals surface area contributed by atoms with Crippen LogP contribution in [-0.2, 0) is 0 Å². The Labute approximate surface area is 391 Å². The Morgan fingerprint density at radius 1 is 0.299 bits per heavy atom. The smallest absolute Gasteiger partial charge is 0.0542 e. The number of nitrogens with zero attached hydrogens (tertiary/aromatic N) is 3. The Bertz CT molecular complexity index is 3760. The van der Waals surface area contributed by atoms with Crippen LogP contribution in [0.2, 0.25) is 0 Å². The largest absolute Gasteiger partial charge is 0.310 e. The lowest BCUT2D eigenvalue weighted by Gasteiger charge is -2.28. The minimum absolute atomic E-state index is 1.09. The lowest BCUT2D eigenvalue weighted by atomic mass is 9.95. The summed E-state index contributed by atoms with van der Waals surface area (Å²) in [4.78, 5) is 4.82. The second kappa shape index (κ2) is 16.7. The van der Waals surface area contributed by atoms with Crippen LogP contribution >= 0.6 is 0 Å². The van der Waals surface area contributed by atoms with Crippen molar-refractivity contribution in [3.63, 3.8) is 0 Å². The molecule has 12 rings (SSSR count). The molecule has 0 aliphatic rings. The van der Waals surface area contributed by atoms with Crippen molar-refractivity contribution in [3.05, 3.63) is 260 Å². The topological polar surface area (TPSA) is 11.4 Å². The number of aryl methyl sites for hydroxylation is 2. The van der Waals surface area contributed by atoms with Crippen LogP contribution in [0.1, 0.15) is 11.1 Å². The summed E-state index contributed by atoms with van der Waals surface area (Å²) >= 11 is 0. The lowest BCUT2D eigenvalue weighted by molar-refractivity contribution is 1.18. The van der Waals surface area contributed by atoms with Gasteiger partial charge in [0.1, 0.15) is 0 Å². The van der Waals surface area contributed by atoms with Crippen LogP contribution in [-0.4, -0.2) is 4.57 Å². The van der Waals surface area contributed by atoms with E-state index < -0.39 is 0 Å². The lowest BCUT2D eigenvalue weighted by Crippen LogP contribution is -2.11. The Balaban J connectivity index is 0.949. The van der Waals surface area contributed by atoms with Crippen LogP contribution < -0.4 is 9.80 Å². The highest BCUT2D eigenvalue weighted by Crippen LogP contribution is 2.44. The van der Waals surface area contributed by atoms with Gasteiger partial charge in [-0.3, -0.25) is 0 Å². The highest BCUT2D eigenvalue weighted by Gasteiger charge is 2.21. The van der Waals surface area contributed by atoms with E-state index in [0.717, 1.165) is 50.9 Å². The average molecular weight is 858 g/mol. The minimum Gasteiger partial charge on any atom is -0.310 e. The molecular weight excluding hydrogens is 811 g/mol. The Morgan fingerprint density at radius 3 is 1.39 bits per heavy atom. The van der Waals surface area contributed by atoms with E-state index in [2.05, 4.69) is 277 Å². The first kappa shape index (κ1) is 39.9. The summed E-state index contributed by atoms with van der Waals surface area (Å²) in [7, 11) is 0. The summed E-state index contributed by atoms with van der Waals surface area (Å²) < 4.78 is 2.38. The van der Waals surface area contributed by atoms with E-state index in [0.29, 0.717) is 0 Å². The molecule has 0 spiro atoms. The predicted molar refractivity (Wildman–Crippen MR) is 286 cm³/mol. The van der Waals surface area contributed by atoms with E-state index in [9.17, 15) is 0 Å². The standard InChI is InChI=1S/C64H47N3/c1-44-16-6-9-23-55(44)59-42-53(35-30-45(59)2)65(61-28-14-19-48-17-7-10-24-56(48)61)51-36-31-46(32-37-51)47-33-38-52(39-34-47)66(62-29-15-20-49-18-8-11-25-57(49)62)54-40-41-64-60(43-54)58-26-12-13-27-63(58)67(64)50-21-4-3-5-22-50/h3-43H,1-2H3. The normalized spacial score (nSPS) is 11.4. The van der Waals surface area contributed by atoms with Gasteiger partial charge in [-0.2, -0.15) is 0 Å². The monoisotopic (exact) mass is 857 g/mol. The van der Waals surface area contributed by atoms with Gasteiger partial charge in [-0.15, -0.1) is 0 Å². The van der Waals surface area contributed by atoms with Crippen LogP contribution in [0, 0.1) is 13.8 Å². The van der Waals surface area contributed by atoms with Crippen LogP contribution in [0.4, 0.5) is 34.1 Å². The van der Waals surface area contributed by atoms with Crippen molar-refractivity contribution in [2.45, 2.75) is 13.8 Å². The van der Waals surface area contributed by atoms with E-state index in [1.54, 1.807) is 0 Å². The molecule has 0 saturated heterocycles. The van der Waals surface area contributed by atoms with Gasteiger partial charge in [-0.1, -0.05) is 164 Å². The molecule has 1 heterocycles. The molecule has 12 aromatic rings. The average Bonchev–Trinajstić information content (AvgIpc) is 3.72. The van der Waals surface area contributed by atoms with Gasteiger partial charge in [-0.05, 0) is 143 Å². The molecule has 0 N–H and O–H groups in total. The van der Waals surface area contributed by atoms with Gasteiger partial charge in [-0.25, -0.2) is 0 Å².